The minimum atomic E-state index is 0.172. The number of aldehydes is 1. The molecule has 3 heterocycles. The lowest BCUT2D eigenvalue weighted by atomic mass is 10.1. The summed E-state index contributed by atoms with van der Waals surface area (Å²) in [6.07, 6.45) is 5.78. The largest absolute Gasteiger partial charge is 0.508 e. The highest BCUT2D eigenvalue weighted by Gasteiger charge is 2.21. The van der Waals surface area contributed by atoms with E-state index in [-0.39, 0.29) is 5.75 Å². The smallest absolute Gasteiger partial charge is 0.154 e. The summed E-state index contributed by atoms with van der Waals surface area (Å²) >= 11 is 0. The van der Waals surface area contributed by atoms with Crippen LogP contribution in [0, 0.1) is 13.8 Å². The molecule has 7 nitrogen and oxygen atoms in total. The highest BCUT2D eigenvalue weighted by molar-refractivity contribution is 6.13. The lowest BCUT2D eigenvalue weighted by Crippen LogP contribution is -2.05. The van der Waals surface area contributed by atoms with Crippen LogP contribution in [-0.4, -0.2) is 33.0 Å². The zero-order chi connectivity index (χ0) is 19.7. The predicted octanol–water partition coefficient (Wildman–Crippen LogP) is 2.87. The number of aromatic hydroxyl groups is 1. The van der Waals surface area contributed by atoms with Crippen molar-refractivity contribution in [3.05, 3.63) is 53.5 Å². The van der Waals surface area contributed by atoms with Crippen molar-refractivity contribution in [1.82, 2.24) is 14.5 Å². The lowest BCUT2D eigenvalue weighted by molar-refractivity contribution is 0.112. The maximum Gasteiger partial charge on any atom is 0.154 e. The second kappa shape index (κ2) is 7.05. The second-order valence-electron chi connectivity index (χ2n) is 6.04. The quantitative estimate of drug-likeness (QED) is 0.471. The molecule has 4 rings (SSSR count). The van der Waals surface area contributed by atoms with Crippen LogP contribution in [-0.2, 0) is 0 Å². The fraction of sp³-hybridized carbons (Fsp3) is 0.150. The second-order valence-corrected chi connectivity index (χ2v) is 6.04. The van der Waals surface area contributed by atoms with Crippen LogP contribution >= 0.6 is 0 Å². The van der Waals surface area contributed by atoms with Gasteiger partial charge in [0.1, 0.15) is 11.6 Å². The van der Waals surface area contributed by atoms with Crippen molar-refractivity contribution in [3.63, 3.8) is 0 Å². The van der Waals surface area contributed by atoms with Crippen molar-refractivity contribution in [1.29, 1.82) is 0 Å². The number of carbonyl (C=O) groups excluding carboxylic acids is 1. The summed E-state index contributed by atoms with van der Waals surface area (Å²) in [7, 11) is 1.50. The summed E-state index contributed by atoms with van der Waals surface area (Å²) in [5, 5.41) is 11.6. The van der Waals surface area contributed by atoms with Crippen LogP contribution in [0.25, 0.3) is 27.5 Å². The molecule has 5 N–H and O–H groups in total. The predicted molar refractivity (Wildman–Crippen MR) is 107 cm³/mol. The molecule has 0 aliphatic heterocycles. The average Bonchev–Trinajstić information content (AvgIpc) is 2.98. The molecule has 3 aromatic heterocycles. The van der Waals surface area contributed by atoms with E-state index in [1.54, 1.807) is 24.7 Å². The summed E-state index contributed by atoms with van der Waals surface area (Å²) in [5.41, 5.74) is 15.1. The molecule has 0 atom stereocenters. The molecule has 0 unspecified atom stereocenters. The highest BCUT2D eigenvalue weighted by atomic mass is 16.3. The Morgan fingerprint density at radius 3 is 2.56 bits per heavy atom. The van der Waals surface area contributed by atoms with Crippen molar-refractivity contribution >= 4 is 33.9 Å². The summed E-state index contributed by atoms with van der Waals surface area (Å²) in [6, 6.07) is 5.29. The molecule has 1 aromatic carbocycles. The van der Waals surface area contributed by atoms with Gasteiger partial charge in [0.25, 0.3) is 0 Å². The lowest BCUT2D eigenvalue weighted by Gasteiger charge is -2.16. The number of carbonyl (C=O) groups is 1. The zero-order valence-corrected chi connectivity index (χ0v) is 15.4. The number of fused-ring (bicyclic) bond motifs is 3. The van der Waals surface area contributed by atoms with E-state index in [0.29, 0.717) is 22.3 Å². The van der Waals surface area contributed by atoms with E-state index in [1.807, 2.05) is 30.5 Å². The van der Waals surface area contributed by atoms with Crippen molar-refractivity contribution in [2.24, 2.45) is 5.73 Å². The molecule has 0 radical (unpaired) electrons. The molecule has 4 aromatic rings. The number of nitrogens with two attached hydrogens (primary N) is 2. The highest BCUT2D eigenvalue weighted by Crippen LogP contribution is 2.37. The van der Waals surface area contributed by atoms with Crippen molar-refractivity contribution in [2.45, 2.75) is 13.8 Å². The van der Waals surface area contributed by atoms with E-state index in [0.717, 1.165) is 34.0 Å². The van der Waals surface area contributed by atoms with Gasteiger partial charge in [0.15, 0.2) is 6.29 Å². The third-order valence-electron chi connectivity index (χ3n) is 4.62. The third-order valence-corrected chi connectivity index (χ3v) is 4.62. The van der Waals surface area contributed by atoms with Gasteiger partial charge in [-0.25, -0.2) is 0 Å². The number of phenolic OH excluding ortho intramolecular Hbond substituents is 1. The third kappa shape index (κ3) is 2.69. The number of rotatable bonds is 2. The molecule has 0 spiro atoms. The summed E-state index contributed by atoms with van der Waals surface area (Å²) < 4.78 is 1.81. The molecule has 7 heteroatoms. The van der Waals surface area contributed by atoms with Gasteiger partial charge < -0.3 is 16.6 Å². The van der Waals surface area contributed by atoms with Crippen LogP contribution in [0.4, 0.5) is 5.82 Å². The van der Waals surface area contributed by atoms with Gasteiger partial charge in [-0.15, -0.1) is 0 Å². The average molecular weight is 363 g/mol. The first-order chi connectivity index (χ1) is 13.0. The van der Waals surface area contributed by atoms with Gasteiger partial charge in [-0.05, 0) is 38.6 Å². The van der Waals surface area contributed by atoms with Crippen LogP contribution < -0.4 is 11.5 Å². The van der Waals surface area contributed by atoms with Crippen molar-refractivity contribution in [3.8, 4) is 11.4 Å². The number of phenols is 1. The molecule has 0 aliphatic rings. The molecule has 27 heavy (non-hydrogen) atoms. The Kier molecular flexibility index (Phi) is 4.79. The number of nitrogen functional groups attached to an aromatic ring is 1. The molecular formula is C20H21N5O2. The Hall–Kier alpha value is -3.45. The van der Waals surface area contributed by atoms with Gasteiger partial charge in [-0.1, -0.05) is 6.07 Å². The number of hydrogen-bond donors (Lipinski definition) is 3. The fourth-order valence-electron chi connectivity index (χ4n) is 3.36. The van der Waals surface area contributed by atoms with E-state index < -0.39 is 0 Å². The Labute approximate surface area is 156 Å². The van der Waals surface area contributed by atoms with Crippen LogP contribution in [0.5, 0.6) is 5.75 Å². The number of anilines is 1. The van der Waals surface area contributed by atoms with Gasteiger partial charge >= 0.3 is 0 Å². The molecule has 0 saturated heterocycles. The van der Waals surface area contributed by atoms with E-state index in [4.69, 9.17) is 5.73 Å². The maximum absolute atomic E-state index is 11.7. The first-order valence-corrected chi connectivity index (χ1v) is 8.39. The topological polar surface area (TPSA) is 120 Å². The minimum Gasteiger partial charge on any atom is -0.508 e. The van der Waals surface area contributed by atoms with Crippen LogP contribution in [0.3, 0.4) is 0 Å². The van der Waals surface area contributed by atoms with Crippen molar-refractivity contribution in [2.75, 3.05) is 12.8 Å². The number of aryl methyl sites for hydroxylation is 1. The number of hydrogen-bond acceptors (Lipinski definition) is 6. The van der Waals surface area contributed by atoms with E-state index >= 15 is 0 Å². The Morgan fingerprint density at radius 2 is 1.85 bits per heavy atom. The van der Waals surface area contributed by atoms with Crippen molar-refractivity contribution < 1.29 is 9.90 Å². The molecular weight excluding hydrogens is 342 g/mol. The van der Waals surface area contributed by atoms with Crippen LogP contribution in [0.2, 0.25) is 0 Å². The molecule has 138 valence electrons. The number of benzene rings is 1. The molecule has 0 aliphatic carbocycles. The van der Waals surface area contributed by atoms with E-state index in [1.165, 1.54) is 7.05 Å². The molecule has 0 fully saturated rings. The normalized spacial score (nSPS) is 10.7. The van der Waals surface area contributed by atoms with Gasteiger partial charge in [-0.2, -0.15) is 0 Å². The van der Waals surface area contributed by atoms with Gasteiger partial charge in [-0.3, -0.25) is 19.3 Å². The monoisotopic (exact) mass is 363 g/mol. The van der Waals surface area contributed by atoms with Crippen LogP contribution in [0.15, 0.2) is 36.8 Å². The number of nitrogens with zero attached hydrogens (tertiary/aromatic N) is 3. The molecule has 0 amide bonds. The summed E-state index contributed by atoms with van der Waals surface area (Å²) in [6.45, 7) is 3.76. The first kappa shape index (κ1) is 18.3. The molecule has 0 bridgehead atoms. The van der Waals surface area contributed by atoms with Gasteiger partial charge in [0.05, 0.1) is 22.3 Å². The van der Waals surface area contributed by atoms with Crippen LogP contribution in [0.1, 0.15) is 21.5 Å². The first-order valence-electron chi connectivity index (χ1n) is 8.39. The fourth-order valence-corrected chi connectivity index (χ4v) is 3.36. The standard InChI is InChI=1S/C19H16N4O2.CH5N/c1-10-3-4-16(25)11(2)17(10)23-18-12(14(9-24)19(23)20)8-22-15-5-6-21-7-13(15)18;1-2/h3-9,25H,20H2,1-2H3;2H2,1H3. The van der Waals surface area contributed by atoms with Gasteiger partial charge in [0, 0.05) is 34.9 Å². The Balaban J connectivity index is 0.00000102. The summed E-state index contributed by atoms with van der Waals surface area (Å²) in [5.74, 6) is 0.492. The minimum absolute atomic E-state index is 0.172. The van der Waals surface area contributed by atoms with E-state index in [9.17, 15) is 9.90 Å². The maximum atomic E-state index is 11.7. The zero-order valence-electron chi connectivity index (χ0n) is 15.4. The van der Waals surface area contributed by atoms with E-state index in [2.05, 4.69) is 15.7 Å². The number of pyridine rings is 2. The Bertz CT molecular complexity index is 1160. The SMILES string of the molecule is CN.Cc1ccc(O)c(C)c1-n1c(N)c(C=O)c2cnc3ccncc3c21. The summed E-state index contributed by atoms with van der Waals surface area (Å²) in [4.78, 5) is 20.3. The number of aromatic nitrogens is 3. The van der Waals surface area contributed by atoms with Gasteiger partial charge in [0.2, 0.25) is 0 Å². The Morgan fingerprint density at radius 1 is 1.11 bits per heavy atom. The molecule has 0 saturated carbocycles.